The van der Waals surface area contributed by atoms with E-state index in [9.17, 15) is 18.8 Å². The molecule has 0 radical (unpaired) electrons. The summed E-state index contributed by atoms with van der Waals surface area (Å²) in [4.78, 5) is 48.2. The molecule has 0 unspecified atom stereocenters. The molecule has 5 aromatic rings. The maximum absolute atomic E-state index is 14.3. The highest BCUT2D eigenvalue weighted by atomic mass is 19.1. The number of amides is 4. The molecule has 0 bridgehead atoms. The van der Waals surface area contributed by atoms with Crippen molar-refractivity contribution in [3.05, 3.63) is 137 Å². The lowest BCUT2D eigenvalue weighted by Crippen LogP contribution is -2.44. The second-order valence-electron chi connectivity index (χ2n) is 11.5. The predicted molar refractivity (Wildman–Crippen MR) is 167 cm³/mol. The van der Waals surface area contributed by atoms with Crippen LogP contribution in [0.1, 0.15) is 52.1 Å². The first-order valence-electron chi connectivity index (χ1n) is 14.9. The Kier molecular flexibility index (Phi) is 6.97. The van der Waals surface area contributed by atoms with E-state index < -0.39 is 24.0 Å². The van der Waals surface area contributed by atoms with E-state index in [1.54, 1.807) is 41.3 Å². The Morgan fingerprint density at radius 1 is 0.932 bits per heavy atom. The minimum absolute atomic E-state index is 0.131. The Hall–Kier alpha value is -5.24. The van der Waals surface area contributed by atoms with Crippen LogP contribution in [-0.4, -0.2) is 39.8 Å². The molecule has 7 rings (SSSR count). The number of benzene rings is 4. The number of carbonyl (C=O) groups excluding carboxylic acids is 3. The zero-order chi connectivity index (χ0) is 30.4. The predicted octanol–water partition coefficient (Wildman–Crippen LogP) is 6.54. The number of anilines is 1. The molecular weight excluding hydrogens is 555 g/mol. The van der Waals surface area contributed by atoms with Crippen LogP contribution in [0.2, 0.25) is 0 Å². The molecule has 3 atom stereocenters. The average Bonchev–Trinajstić information content (AvgIpc) is 3.54. The van der Waals surface area contributed by atoms with Crippen LogP contribution >= 0.6 is 0 Å². The van der Waals surface area contributed by atoms with E-state index >= 15 is 0 Å². The summed E-state index contributed by atoms with van der Waals surface area (Å²) in [6, 6.07) is 28.6. The molecule has 0 saturated carbocycles. The SMILES string of the molecule is C[C@H](CCc1ccccc1)NC(=O)c1ccccc1N1C(=O)[C@@H]2Cc3c([nH]c4ccccc34)[C@@H](c3ccc(F)cc3)N2C1=O. The largest absolute Gasteiger partial charge is 0.356 e. The molecule has 2 aliphatic rings. The van der Waals surface area contributed by atoms with Gasteiger partial charge >= 0.3 is 6.03 Å². The van der Waals surface area contributed by atoms with Gasteiger partial charge in [0.2, 0.25) is 0 Å². The number of urea groups is 1. The minimum atomic E-state index is -0.787. The summed E-state index contributed by atoms with van der Waals surface area (Å²) in [6.07, 6.45) is 1.87. The van der Waals surface area contributed by atoms with Gasteiger partial charge in [-0.1, -0.05) is 72.8 Å². The summed E-state index contributed by atoms with van der Waals surface area (Å²) in [6.45, 7) is 1.95. The molecule has 220 valence electrons. The summed E-state index contributed by atoms with van der Waals surface area (Å²) in [5.41, 5.74) is 5.04. The van der Waals surface area contributed by atoms with E-state index in [2.05, 4.69) is 22.4 Å². The van der Waals surface area contributed by atoms with Crippen LogP contribution in [0.4, 0.5) is 14.9 Å². The number of halogens is 1. The van der Waals surface area contributed by atoms with E-state index in [0.717, 1.165) is 39.9 Å². The first-order chi connectivity index (χ1) is 21.4. The molecule has 8 heteroatoms. The maximum atomic E-state index is 14.3. The fourth-order valence-electron chi connectivity index (χ4n) is 6.55. The number of imide groups is 1. The number of carbonyl (C=O) groups is 3. The second-order valence-corrected chi connectivity index (χ2v) is 11.5. The number of hydrogen-bond donors (Lipinski definition) is 2. The molecule has 4 amide bonds. The van der Waals surface area contributed by atoms with Crippen molar-refractivity contribution in [3.8, 4) is 0 Å². The van der Waals surface area contributed by atoms with Crippen molar-refractivity contribution in [2.75, 3.05) is 4.90 Å². The quantitative estimate of drug-likeness (QED) is 0.212. The monoisotopic (exact) mass is 586 g/mol. The van der Waals surface area contributed by atoms with Crippen molar-refractivity contribution in [1.29, 1.82) is 0 Å². The highest BCUT2D eigenvalue weighted by Crippen LogP contribution is 2.45. The zero-order valence-electron chi connectivity index (χ0n) is 24.2. The van der Waals surface area contributed by atoms with Gasteiger partial charge < -0.3 is 10.3 Å². The number of aryl methyl sites for hydroxylation is 1. The number of hydrogen-bond acceptors (Lipinski definition) is 3. The summed E-state index contributed by atoms with van der Waals surface area (Å²) >= 11 is 0. The molecule has 3 heterocycles. The van der Waals surface area contributed by atoms with E-state index in [4.69, 9.17) is 0 Å². The third-order valence-corrected chi connectivity index (χ3v) is 8.71. The van der Waals surface area contributed by atoms with Crippen molar-refractivity contribution in [3.63, 3.8) is 0 Å². The van der Waals surface area contributed by atoms with E-state index in [1.807, 2.05) is 49.4 Å². The average molecular weight is 587 g/mol. The highest BCUT2D eigenvalue weighted by molar-refractivity contribution is 6.24. The molecule has 2 aliphatic heterocycles. The van der Waals surface area contributed by atoms with Gasteiger partial charge in [-0.3, -0.25) is 14.5 Å². The Bertz CT molecular complexity index is 1890. The number of aromatic nitrogens is 1. The number of para-hydroxylation sites is 2. The van der Waals surface area contributed by atoms with Gasteiger partial charge in [0.05, 0.1) is 11.3 Å². The molecule has 4 aromatic carbocycles. The van der Waals surface area contributed by atoms with Gasteiger partial charge in [-0.25, -0.2) is 14.1 Å². The summed E-state index contributed by atoms with van der Waals surface area (Å²) < 4.78 is 14.0. The van der Waals surface area contributed by atoms with Crippen molar-refractivity contribution in [1.82, 2.24) is 15.2 Å². The fourth-order valence-corrected chi connectivity index (χ4v) is 6.55. The lowest BCUT2D eigenvalue weighted by atomic mass is 9.89. The number of nitrogens with one attached hydrogen (secondary N) is 2. The fraction of sp³-hybridized carbons (Fsp3) is 0.194. The van der Waals surface area contributed by atoms with Crippen molar-refractivity contribution in [2.24, 2.45) is 0 Å². The molecule has 2 N–H and O–H groups in total. The third kappa shape index (κ3) is 4.72. The molecule has 7 nitrogen and oxygen atoms in total. The van der Waals surface area contributed by atoms with Gasteiger partial charge in [-0.2, -0.15) is 0 Å². The second kappa shape index (κ2) is 11.1. The van der Waals surface area contributed by atoms with E-state index in [-0.39, 0.29) is 29.0 Å². The van der Waals surface area contributed by atoms with Crippen LogP contribution in [0, 0.1) is 5.82 Å². The molecule has 44 heavy (non-hydrogen) atoms. The normalized spacial score (nSPS) is 18.3. The molecule has 0 aliphatic carbocycles. The molecule has 1 fully saturated rings. The van der Waals surface area contributed by atoms with Gasteiger partial charge in [0.1, 0.15) is 17.9 Å². The van der Waals surface area contributed by atoms with Crippen LogP contribution in [0.3, 0.4) is 0 Å². The van der Waals surface area contributed by atoms with Gasteiger partial charge in [0.25, 0.3) is 11.8 Å². The lowest BCUT2D eigenvalue weighted by Gasteiger charge is -2.36. The van der Waals surface area contributed by atoms with Gasteiger partial charge in [-0.05, 0) is 66.8 Å². The van der Waals surface area contributed by atoms with Crippen LogP contribution in [0.5, 0.6) is 0 Å². The number of nitrogens with zero attached hydrogens (tertiary/aromatic N) is 2. The van der Waals surface area contributed by atoms with Gasteiger partial charge in [-0.15, -0.1) is 0 Å². The van der Waals surface area contributed by atoms with Crippen molar-refractivity contribution >= 4 is 34.4 Å². The third-order valence-electron chi connectivity index (χ3n) is 8.71. The lowest BCUT2D eigenvalue weighted by molar-refractivity contribution is -0.120. The zero-order valence-corrected chi connectivity index (χ0v) is 24.2. The molecular formula is C36H31FN4O3. The minimum Gasteiger partial charge on any atom is -0.356 e. The van der Waals surface area contributed by atoms with Gasteiger partial charge in [0.15, 0.2) is 0 Å². The summed E-state index contributed by atoms with van der Waals surface area (Å²) in [5.74, 6) is -1.13. The molecule has 1 saturated heterocycles. The summed E-state index contributed by atoms with van der Waals surface area (Å²) in [5, 5.41) is 4.03. The Labute approximate surface area is 254 Å². The molecule has 0 spiro atoms. The molecule has 1 aromatic heterocycles. The van der Waals surface area contributed by atoms with Crippen LogP contribution in [0.25, 0.3) is 10.9 Å². The van der Waals surface area contributed by atoms with Crippen molar-refractivity contribution in [2.45, 2.75) is 44.3 Å². The van der Waals surface area contributed by atoms with Crippen LogP contribution in [-0.2, 0) is 17.6 Å². The highest BCUT2D eigenvalue weighted by Gasteiger charge is 2.53. The Balaban J connectivity index is 1.22. The van der Waals surface area contributed by atoms with E-state index in [1.165, 1.54) is 17.7 Å². The van der Waals surface area contributed by atoms with Crippen molar-refractivity contribution < 1.29 is 18.8 Å². The summed E-state index contributed by atoms with van der Waals surface area (Å²) in [7, 11) is 0. The number of fused-ring (bicyclic) bond motifs is 4. The first kappa shape index (κ1) is 27.6. The standard InChI is InChI=1S/C36H31FN4O3/c1-22(15-16-23-9-3-2-4-10-23)38-34(42)27-12-6-8-14-30(27)41-35(43)31-21-28-26-11-5-7-13-29(26)39-32(28)33(40(31)36(41)44)24-17-19-25(37)20-18-24/h2-14,17-20,22,31,33,39H,15-16,21H2,1H3,(H,38,42)/t22-,31+,33-/m1/s1. The maximum Gasteiger partial charge on any atom is 0.332 e. The van der Waals surface area contributed by atoms with Gasteiger partial charge in [0, 0.05) is 29.1 Å². The topological polar surface area (TPSA) is 85.5 Å². The van der Waals surface area contributed by atoms with Crippen LogP contribution < -0.4 is 10.2 Å². The smallest absolute Gasteiger partial charge is 0.332 e. The number of rotatable bonds is 7. The Morgan fingerprint density at radius 2 is 1.64 bits per heavy atom. The number of aromatic amines is 1. The van der Waals surface area contributed by atoms with E-state index in [0.29, 0.717) is 12.0 Å². The Morgan fingerprint density at radius 3 is 2.43 bits per heavy atom. The van der Waals surface area contributed by atoms with Crippen LogP contribution in [0.15, 0.2) is 103 Å². The first-order valence-corrected chi connectivity index (χ1v) is 14.9. The number of H-pyrrole nitrogens is 1.